The molecule has 0 aliphatic carbocycles. The van der Waals surface area contributed by atoms with Gasteiger partial charge in [0.15, 0.2) is 0 Å². The lowest BCUT2D eigenvalue weighted by molar-refractivity contribution is 0.0697. The molecular formula is C12H15ClN2O2S. The van der Waals surface area contributed by atoms with Crippen molar-refractivity contribution in [2.45, 2.75) is 25.1 Å². The van der Waals surface area contributed by atoms with E-state index in [1.54, 1.807) is 6.07 Å². The summed E-state index contributed by atoms with van der Waals surface area (Å²) in [5.41, 5.74) is 0.183. The van der Waals surface area contributed by atoms with Crippen LogP contribution in [0.2, 0.25) is 5.15 Å². The predicted octanol–water partition coefficient (Wildman–Crippen LogP) is 2.76. The Hall–Kier alpha value is -0.940. The highest BCUT2D eigenvalue weighted by Gasteiger charge is 2.26. The fourth-order valence-electron chi connectivity index (χ4n) is 2.01. The highest BCUT2D eigenvalue weighted by Crippen LogP contribution is 2.29. The van der Waals surface area contributed by atoms with Gasteiger partial charge in [-0.2, -0.15) is 11.8 Å². The summed E-state index contributed by atoms with van der Waals surface area (Å²) < 4.78 is 0. The molecule has 1 aromatic rings. The first-order chi connectivity index (χ1) is 8.49. The van der Waals surface area contributed by atoms with E-state index in [1.807, 2.05) is 11.8 Å². The van der Waals surface area contributed by atoms with Gasteiger partial charge in [-0.25, -0.2) is 9.78 Å². The lowest BCUT2D eigenvalue weighted by Gasteiger charge is -2.38. The number of carboxylic acids is 1. The number of hydrogen-bond donors (Lipinski definition) is 1. The van der Waals surface area contributed by atoms with E-state index in [2.05, 4.69) is 23.7 Å². The number of anilines is 1. The summed E-state index contributed by atoms with van der Waals surface area (Å²) in [6.07, 6.45) is 0. The number of thioether (sulfide) groups is 1. The predicted molar refractivity (Wildman–Crippen MR) is 74.9 cm³/mol. The van der Waals surface area contributed by atoms with Crippen molar-refractivity contribution in [2.24, 2.45) is 0 Å². The molecule has 2 rings (SSSR count). The number of hydrogen-bond acceptors (Lipinski definition) is 4. The van der Waals surface area contributed by atoms with E-state index in [9.17, 15) is 4.79 Å². The zero-order chi connectivity index (χ0) is 13.3. The number of aromatic carboxylic acids is 1. The van der Waals surface area contributed by atoms with Gasteiger partial charge in [-0.1, -0.05) is 18.5 Å². The summed E-state index contributed by atoms with van der Waals surface area (Å²) in [4.78, 5) is 17.4. The van der Waals surface area contributed by atoms with E-state index in [0.717, 1.165) is 12.3 Å². The summed E-state index contributed by atoms with van der Waals surface area (Å²) in [5, 5.41) is 9.76. The van der Waals surface area contributed by atoms with Crippen LogP contribution in [0.4, 0.5) is 5.82 Å². The maximum atomic E-state index is 11.0. The Bertz CT molecular complexity index is 469. The van der Waals surface area contributed by atoms with Crippen LogP contribution < -0.4 is 4.90 Å². The lowest BCUT2D eigenvalue weighted by Crippen LogP contribution is -2.45. The number of pyridine rings is 1. The second-order valence-electron chi connectivity index (χ2n) is 4.35. The van der Waals surface area contributed by atoms with Gasteiger partial charge in [0, 0.05) is 23.6 Å². The number of aromatic nitrogens is 1. The first-order valence-corrected chi connectivity index (χ1v) is 7.21. The summed E-state index contributed by atoms with van der Waals surface area (Å²) in [6.45, 7) is 5.16. The average Bonchev–Trinajstić information content (AvgIpc) is 2.31. The van der Waals surface area contributed by atoms with Gasteiger partial charge in [0.1, 0.15) is 11.0 Å². The van der Waals surface area contributed by atoms with E-state index in [-0.39, 0.29) is 10.7 Å². The Balaban J connectivity index is 2.35. The Morgan fingerprint density at radius 3 is 2.94 bits per heavy atom. The largest absolute Gasteiger partial charge is 0.478 e. The average molecular weight is 287 g/mol. The molecule has 98 valence electrons. The molecule has 0 radical (unpaired) electrons. The fourth-order valence-corrected chi connectivity index (χ4v) is 3.31. The minimum Gasteiger partial charge on any atom is -0.478 e. The van der Waals surface area contributed by atoms with Crippen LogP contribution in [-0.2, 0) is 0 Å². The molecule has 2 heterocycles. The number of halogens is 1. The molecule has 1 aromatic heterocycles. The van der Waals surface area contributed by atoms with Gasteiger partial charge in [0.25, 0.3) is 0 Å². The smallest absolute Gasteiger partial charge is 0.335 e. The minimum absolute atomic E-state index is 0.183. The van der Waals surface area contributed by atoms with Gasteiger partial charge in [-0.3, -0.25) is 0 Å². The van der Waals surface area contributed by atoms with Gasteiger partial charge >= 0.3 is 5.97 Å². The molecule has 0 aromatic carbocycles. The number of rotatable bonds is 2. The third-order valence-electron chi connectivity index (χ3n) is 3.21. The van der Waals surface area contributed by atoms with E-state index in [4.69, 9.17) is 16.7 Å². The zero-order valence-electron chi connectivity index (χ0n) is 10.3. The molecule has 2 unspecified atom stereocenters. The maximum Gasteiger partial charge on any atom is 0.335 e. The standard InChI is InChI=1S/C12H15ClN2O2S/c1-7-8(2)18-4-3-15(7)11-6-9(12(16)17)5-10(13)14-11/h5-8H,3-4H2,1-2H3,(H,16,17). The van der Waals surface area contributed by atoms with Crippen molar-refractivity contribution >= 4 is 35.1 Å². The van der Waals surface area contributed by atoms with Gasteiger partial charge in [0.2, 0.25) is 0 Å². The topological polar surface area (TPSA) is 53.4 Å². The summed E-state index contributed by atoms with van der Waals surface area (Å²) >= 11 is 7.81. The van der Waals surface area contributed by atoms with Gasteiger partial charge in [0.05, 0.1) is 5.56 Å². The first kappa shape index (κ1) is 13.5. The van der Waals surface area contributed by atoms with Crippen LogP contribution in [-0.4, -0.2) is 39.6 Å². The van der Waals surface area contributed by atoms with Crippen molar-refractivity contribution in [3.63, 3.8) is 0 Å². The monoisotopic (exact) mass is 286 g/mol. The van der Waals surface area contributed by atoms with E-state index in [0.29, 0.717) is 17.1 Å². The van der Waals surface area contributed by atoms with Crippen LogP contribution >= 0.6 is 23.4 Å². The van der Waals surface area contributed by atoms with Crippen LogP contribution in [0.5, 0.6) is 0 Å². The number of nitrogens with zero attached hydrogens (tertiary/aromatic N) is 2. The molecule has 1 fully saturated rings. The van der Waals surface area contributed by atoms with Crippen molar-refractivity contribution in [2.75, 3.05) is 17.2 Å². The summed E-state index contributed by atoms with van der Waals surface area (Å²) in [5.74, 6) is 0.689. The number of carboxylic acid groups (broad SMARTS) is 1. The Morgan fingerprint density at radius 1 is 1.56 bits per heavy atom. The van der Waals surface area contributed by atoms with Crippen molar-refractivity contribution in [3.05, 3.63) is 22.8 Å². The molecular weight excluding hydrogens is 272 g/mol. The third-order valence-corrected chi connectivity index (χ3v) is 4.74. The van der Waals surface area contributed by atoms with Crippen molar-refractivity contribution in [1.82, 2.24) is 4.98 Å². The van der Waals surface area contributed by atoms with E-state index >= 15 is 0 Å². The van der Waals surface area contributed by atoms with Crippen molar-refractivity contribution in [1.29, 1.82) is 0 Å². The molecule has 0 saturated carbocycles. The van der Waals surface area contributed by atoms with E-state index in [1.165, 1.54) is 6.07 Å². The molecule has 4 nitrogen and oxygen atoms in total. The van der Waals surface area contributed by atoms with Crippen LogP contribution in [0.15, 0.2) is 12.1 Å². The van der Waals surface area contributed by atoms with Crippen molar-refractivity contribution < 1.29 is 9.90 Å². The molecule has 2 atom stereocenters. The Labute approximate surface area is 115 Å². The van der Waals surface area contributed by atoms with Crippen LogP contribution in [0, 0.1) is 0 Å². The minimum atomic E-state index is -0.979. The summed E-state index contributed by atoms with van der Waals surface area (Å²) in [7, 11) is 0. The molecule has 18 heavy (non-hydrogen) atoms. The SMILES string of the molecule is CC1SCCN(c2cc(C(=O)O)cc(Cl)n2)C1C. The molecule has 1 aliphatic heterocycles. The Morgan fingerprint density at radius 2 is 2.28 bits per heavy atom. The molecule has 1 saturated heterocycles. The Kier molecular flexibility index (Phi) is 4.02. The summed E-state index contributed by atoms with van der Waals surface area (Å²) in [6, 6.07) is 3.28. The number of carbonyl (C=O) groups is 1. The van der Waals surface area contributed by atoms with Gasteiger partial charge < -0.3 is 10.0 Å². The molecule has 0 amide bonds. The van der Waals surface area contributed by atoms with E-state index < -0.39 is 5.97 Å². The highest BCUT2D eigenvalue weighted by atomic mass is 35.5. The highest BCUT2D eigenvalue weighted by molar-refractivity contribution is 8.00. The quantitative estimate of drug-likeness (QED) is 0.847. The van der Waals surface area contributed by atoms with Crippen LogP contribution in [0.25, 0.3) is 0 Å². The zero-order valence-corrected chi connectivity index (χ0v) is 11.8. The van der Waals surface area contributed by atoms with Crippen LogP contribution in [0.1, 0.15) is 24.2 Å². The molecule has 6 heteroatoms. The molecule has 1 aliphatic rings. The second kappa shape index (κ2) is 5.36. The second-order valence-corrected chi connectivity index (χ2v) is 6.22. The van der Waals surface area contributed by atoms with Gasteiger partial charge in [-0.05, 0) is 19.1 Å². The maximum absolute atomic E-state index is 11.0. The molecule has 0 bridgehead atoms. The lowest BCUT2D eigenvalue weighted by atomic mass is 10.2. The van der Waals surface area contributed by atoms with Crippen molar-refractivity contribution in [3.8, 4) is 0 Å². The van der Waals surface area contributed by atoms with Crippen LogP contribution in [0.3, 0.4) is 0 Å². The third kappa shape index (κ3) is 2.72. The fraction of sp³-hybridized carbons (Fsp3) is 0.500. The van der Waals surface area contributed by atoms with Gasteiger partial charge in [-0.15, -0.1) is 0 Å². The molecule has 1 N–H and O–H groups in total. The first-order valence-electron chi connectivity index (χ1n) is 5.78. The molecule has 0 spiro atoms. The normalized spacial score (nSPS) is 24.1.